The third kappa shape index (κ3) is 11.5. The second-order valence-corrected chi connectivity index (χ2v) is 18.5. The smallest absolute Gasteiger partial charge is 0.407 e. The molecule has 0 saturated carbocycles. The van der Waals surface area contributed by atoms with Crippen molar-refractivity contribution in [1.82, 2.24) is 14.8 Å². The van der Waals surface area contributed by atoms with Crippen LogP contribution in [0.4, 0.5) is 13.6 Å². The van der Waals surface area contributed by atoms with Crippen LogP contribution in [0.15, 0.2) is 109 Å². The molecule has 4 aromatic carbocycles. The zero-order valence-corrected chi connectivity index (χ0v) is 36.6. The summed E-state index contributed by atoms with van der Waals surface area (Å²) in [6, 6.07) is 29.8. The first-order chi connectivity index (χ1) is 29.0. The van der Waals surface area contributed by atoms with E-state index >= 15 is 4.39 Å². The summed E-state index contributed by atoms with van der Waals surface area (Å²) in [5.74, 6) is -1.82. The zero-order valence-electron chi connectivity index (χ0n) is 35.8. The Morgan fingerprint density at radius 3 is 2.13 bits per heavy atom. The Bertz CT molecular complexity index is 2270. The Kier molecular flexibility index (Phi) is 14.4. The van der Waals surface area contributed by atoms with Crippen molar-refractivity contribution >= 4 is 29.7 Å². The van der Waals surface area contributed by atoms with Crippen molar-refractivity contribution in [1.29, 1.82) is 0 Å². The number of nitrogens with zero attached hydrogens (tertiary/aromatic N) is 2. The van der Waals surface area contributed by atoms with Gasteiger partial charge < -0.3 is 30.0 Å². The van der Waals surface area contributed by atoms with E-state index in [1.54, 1.807) is 31.9 Å². The van der Waals surface area contributed by atoms with E-state index in [1.807, 2.05) is 86.0 Å². The summed E-state index contributed by atoms with van der Waals surface area (Å²) in [5, 5.41) is 2.88. The molecule has 1 aromatic heterocycles. The summed E-state index contributed by atoms with van der Waals surface area (Å²) < 4.78 is 43.1. The largest absolute Gasteiger partial charge is 0.459 e. The van der Waals surface area contributed by atoms with Crippen LogP contribution in [0.3, 0.4) is 0 Å². The number of nitrogens with one attached hydrogen (secondary N) is 1. The summed E-state index contributed by atoms with van der Waals surface area (Å²) in [6.45, 7) is 12.4. The number of hydrogen-bond acceptors (Lipinski definition) is 7. The molecule has 5 aromatic rings. The molecular weight excluding hydrogens is 795 g/mol. The van der Waals surface area contributed by atoms with Crippen molar-refractivity contribution in [2.45, 2.75) is 78.1 Å². The molecule has 6 rings (SSSR count). The van der Waals surface area contributed by atoms with Gasteiger partial charge in [0.15, 0.2) is 0 Å². The zero-order chi connectivity index (χ0) is 43.9. The minimum absolute atomic E-state index is 0.00760. The maximum absolute atomic E-state index is 15.3. The van der Waals surface area contributed by atoms with Crippen molar-refractivity contribution in [2.24, 2.45) is 11.1 Å². The van der Waals surface area contributed by atoms with Gasteiger partial charge in [-0.15, -0.1) is 11.8 Å². The third-order valence-electron chi connectivity index (χ3n) is 10.5. The normalized spacial score (nSPS) is 13.5. The minimum Gasteiger partial charge on any atom is -0.459 e. The van der Waals surface area contributed by atoms with Crippen LogP contribution >= 0.6 is 11.8 Å². The quantitative estimate of drug-likeness (QED) is 0.0751. The molecular formula is C49H56F2N4O5S. The van der Waals surface area contributed by atoms with Gasteiger partial charge in [0.05, 0.1) is 11.8 Å². The van der Waals surface area contributed by atoms with Gasteiger partial charge in [0.2, 0.25) is 5.91 Å². The number of benzene rings is 4. The Morgan fingerprint density at radius 1 is 0.852 bits per heavy atom. The molecule has 61 heavy (non-hydrogen) atoms. The van der Waals surface area contributed by atoms with Crippen LogP contribution in [-0.4, -0.2) is 70.3 Å². The number of nitrogens with two attached hydrogens (primary N) is 1. The lowest BCUT2D eigenvalue weighted by atomic mass is 9.83. The number of fused-ring (bicyclic) bond motifs is 3. The summed E-state index contributed by atoms with van der Waals surface area (Å²) >= 11 is 1.24. The molecule has 12 heteroatoms. The summed E-state index contributed by atoms with van der Waals surface area (Å²) in [5.41, 5.74) is 11.7. The molecule has 0 aliphatic heterocycles. The highest BCUT2D eigenvalue weighted by atomic mass is 32.2. The molecule has 0 bridgehead atoms. The van der Waals surface area contributed by atoms with Gasteiger partial charge in [-0.05, 0) is 84.7 Å². The van der Waals surface area contributed by atoms with Gasteiger partial charge in [0, 0.05) is 54.3 Å². The molecule has 1 heterocycles. The van der Waals surface area contributed by atoms with Crippen LogP contribution in [0.5, 0.6) is 0 Å². The lowest BCUT2D eigenvalue weighted by Crippen LogP contribution is -2.44. The minimum atomic E-state index is -0.933. The van der Waals surface area contributed by atoms with Crippen LogP contribution in [-0.2, 0) is 25.6 Å². The number of amides is 2. The highest BCUT2D eigenvalue weighted by Crippen LogP contribution is 2.45. The molecule has 0 fully saturated rings. The topological polar surface area (TPSA) is 116 Å². The molecule has 9 nitrogen and oxygen atoms in total. The summed E-state index contributed by atoms with van der Waals surface area (Å²) in [4.78, 5) is 42.1. The van der Waals surface area contributed by atoms with Crippen LogP contribution in [0.2, 0.25) is 0 Å². The van der Waals surface area contributed by atoms with E-state index < -0.39 is 46.8 Å². The van der Waals surface area contributed by atoms with Gasteiger partial charge in [-0.3, -0.25) is 9.59 Å². The standard InChI is InChI=1S/C49H56F2N4O5S/c1-48(2,3)45(43-25-33(39-26-34(50)21-22-41(39)51)28-54(43)27-32-15-8-7-9-16-32)55(44(56)31-61-30-42(52)46(57)60-49(4,5)6)24-14-23-53-47(58)59-29-40-37-19-12-10-17-35(37)36-18-11-13-20-38(36)40/h7-13,15-22,25-26,28,40,42,45H,14,23-24,27,29-31,52H2,1-6H3,(H,53,58). The molecule has 1 aliphatic carbocycles. The molecule has 2 atom stereocenters. The molecule has 0 radical (unpaired) electrons. The predicted octanol–water partition coefficient (Wildman–Crippen LogP) is 9.73. The van der Waals surface area contributed by atoms with Crippen LogP contribution in [0, 0.1) is 17.0 Å². The lowest BCUT2D eigenvalue weighted by Gasteiger charge is -2.41. The highest BCUT2D eigenvalue weighted by Gasteiger charge is 2.37. The number of hydrogen-bond donors (Lipinski definition) is 2. The summed E-state index contributed by atoms with van der Waals surface area (Å²) in [7, 11) is 0. The van der Waals surface area contributed by atoms with E-state index in [2.05, 4.69) is 29.6 Å². The van der Waals surface area contributed by atoms with Crippen molar-refractivity contribution in [3.63, 3.8) is 0 Å². The first-order valence-electron chi connectivity index (χ1n) is 20.6. The Morgan fingerprint density at radius 2 is 1.49 bits per heavy atom. The second-order valence-electron chi connectivity index (χ2n) is 17.5. The molecule has 2 unspecified atom stereocenters. The van der Waals surface area contributed by atoms with Crippen LogP contribution in [0.1, 0.15) is 82.3 Å². The fraction of sp³-hybridized carbons (Fsp3) is 0.367. The van der Waals surface area contributed by atoms with E-state index in [0.29, 0.717) is 18.5 Å². The first-order valence-corrected chi connectivity index (χ1v) is 21.8. The molecule has 0 spiro atoms. The van der Waals surface area contributed by atoms with E-state index in [1.165, 1.54) is 17.8 Å². The molecule has 1 aliphatic rings. The Balaban J connectivity index is 1.23. The molecule has 3 N–H and O–H groups in total. The number of aromatic nitrogens is 1. The SMILES string of the molecule is CC(C)(C)OC(=O)C(N)CSCC(=O)N(CCCNC(=O)OCC1c2ccccc2-c2ccccc21)C(c1cc(-c2cc(F)ccc2F)cn1Cc1ccccc1)C(C)(C)C. The highest BCUT2D eigenvalue weighted by molar-refractivity contribution is 8.00. The van der Waals surface area contributed by atoms with Crippen molar-refractivity contribution < 1.29 is 32.6 Å². The van der Waals surface area contributed by atoms with Gasteiger partial charge in [-0.2, -0.15) is 0 Å². The number of rotatable bonds is 16. The monoisotopic (exact) mass is 850 g/mol. The molecule has 2 amide bonds. The predicted molar refractivity (Wildman–Crippen MR) is 238 cm³/mol. The van der Waals surface area contributed by atoms with Gasteiger partial charge in [-0.25, -0.2) is 13.6 Å². The number of carbonyl (C=O) groups excluding carboxylic acids is 3. The van der Waals surface area contributed by atoms with Gasteiger partial charge in [0.1, 0.15) is 29.9 Å². The van der Waals surface area contributed by atoms with E-state index in [-0.39, 0.29) is 48.6 Å². The van der Waals surface area contributed by atoms with Crippen molar-refractivity contribution in [2.75, 3.05) is 31.2 Å². The second kappa shape index (κ2) is 19.5. The number of alkyl carbamates (subject to hydrolysis) is 1. The summed E-state index contributed by atoms with van der Waals surface area (Å²) in [6.07, 6.45) is 1.63. The number of ether oxygens (including phenoxy) is 2. The molecule has 0 saturated heterocycles. The van der Waals surface area contributed by atoms with Gasteiger partial charge >= 0.3 is 12.1 Å². The molecule has 322 valence electrons. The fourth-order valence-electron chi connectivity index (χ4n) is 7.90. The van der Waals surface area contributed by atoms with Crippen molar-refractivity contribution in [3.05, 3.63) is 143 Å². The Labute approximate surface area is 362 Å². The van der Waals surface area contributed by atoms with E-state index in [4.69, 9.17) is 15.2 Å². The van der Waals surface area contributed by atoms with E-state index in [0.717, 1.165) is 45.6 Å². The van der Waals surface area contributed by atoms with E-state index in [9.17, 15) is 18.8 Å². The number of halogens is 2. The maximum Gasteiger partial charge on any atom is 0.407 e. The lowest BCUT2D eigenvalue weighted by molar-refractivity contribution is -0.155. The van der Waals surface area contributed by atoms with Crippen LogP contribution in [0.25, 0.3) is 22.3 Å². The number of carbonyl (C=O) groups is 3. The number of thioether (sulfide) groups is 1. The third-order valence-corrected chi connectivity index (χ3v) is 11.6. The average Bonchev–Trinajstić information content (AvgIpc) is 3.76. The van der Waals surface area contributed by atoms with Crippen molar-refractivity contribution in [3.8, 4) is 22.3 Å². The fourth-order valence-corrected chi connectivity index (χ4v) is 8.75. The van der Waals surface area contributed by atoms with Gasteiger partial charge in [-0.1, -0.05) is 99.6 Å². The first kappa shape index (κ1) is 45.1. The average molecular weight is 851 g/mol. The Hall–Kier alpha value is -5.46. The number of esters is 1. The maximum atomic E-state index is 15.3. The van der Waals surface area contributed by atoms with Gasteiger partial charge in [0.25, 0.3) is 0 Å². The van der Waals surface area contributed by atoms with Crippen LogP contribution < -0.4 is 11.1 Å².